The highest BCUT2D eigenvalue weighted by molar-refractivity contribution is 5.81. The number of carbonyl (C=O) groups is 2. The van der Waals surface area contributed by atoms with Gasteiger partial charge in [-0.3, -0.25) is 9.59 Å². The van der Waals surface area contributed by atoms with E-state index in [2.05, 4.69) is 10.2 Å². The average Bonchev–Trinajstić information content (AvgIpc) is 2.67. The maximum Gasteiger partial charge on any atom is 0.416 e. The number of carbonyl (C=O) groups excluding carboxylic acids is 2. The van der Waals surface area contributed by atoms with Crippen LogP contribution in [-0.2, 0) is 28.4 Å². The van der Waals surface area contributed by atoms with E-state index in [0.29, 0.717) is 51.2 Å². The number of amides is 1. The summed E-state index contributed by atoms with van der Waals surface area (Å²) in [5.74, 6) is -0.379. The molecule has 1 N–H and O–H groups in total. The zero-order chi connectivity index (χ0) is 25.0. The number of likely N-dealkylation sites (tertiary alicyclic amines) is 1. The van der Waals surface area contributed by atoms with E-state index in [1.54, 1.807) is 0 Å². The van der Waals surface area contributed by atoms with Gasteiger partial charge in [0.05, 0.1) is 11.1 Å². The maximum absolute atomic E-state index is 13.0. The van der Waals surface area contributed by atoms with Crippen LogP contribution in [0, 0.1) is 11.3 Å². The molecule has 4 nitrogen and oxygen atoms in total. The number of rotatable bonds is 7. The first-order chi connectivity index (χ1) is 15.1. The van der Waals surface area contributed by atoms with E-state index in [1.165, 1.54) is 0 Å². The van der Waals surface area contributed by atoms with E-state index < -0.39 is 35.3 Å². The van der Waals surface area contributed by atoms with Crippen molar-refractivity contribution in [3.05, 3.63) is 34.9 Å². The van der Waals surface area contributed by atoms with Gasteiger partial charge < -0.3 is 10.2 Å². The summed E-state index contributed by atoms with van der Waals surface area (Å²) in [6, 6.07) is 1.29. The predicted octanol–water partition coefficient (Wildman–Crippen LogP) is 5.10. The number of piperidine rings is 1. The second kappa shape index (κ2) is 10.4. The molecular weight excluding hydrogens is 450 g/mol. The molecule has 33 heavy (non-hydrogen) atoms. The normalized spacial score (nSPS) is 16.6. The van der Waals surface area contributed by atoms with E-state index in [1.807, 2.05) is 20.8 Å². The van der Waals surface area contributed by atoms with E-state index in [0.717, 1.165) is 0 Å². The Labute approximate surface area is 189 Å². The Kier molecular flexibility index (Phi) is 8.59. The molecule has 0 unspecified atom stereocenters. The van der Waals surface area contributed by atoms with Gasteiger partial charge in [-0.15, -0.1) is 0 Å². The number of halogens is 6. The van der Waals surface area contributed by atoms with Crippen LogP contribution >= 0.6 is 0 Å². The summed E-state index contributed by atoms with van der Waals surface area (Å²) in [7, 11) is 0. The Bertz CT molecular complexity index is 803. The third-order valence-electron chi connectivity index (χ3n) is 5.67. The molecule has 10 heteroatoms. The molecular formula is C23H30F6N2O2. The molecule has 0 radical (unpaired) electrons. The SMILES string of the molecule is CC(C)(C)C(=O)NCCN1CCC(CC(=O)Cc2cc(C(F)(F)F)cc(C(F)(F)F)c2)CC1. The minimum absolute atomic E-state index is 0.0331. The van der Waals surface area contributed by atoms with Crippen LogP contribution in [0.3, 0.4) is 0 Å². The smallest absolute Gasteiger partial charge is 0.354 e. The number of nitrogens with zero attached hydrogens (tertiary/aromatic N) is 1. The minimum atomic E-state index is -4.93. The predicted molar refractivity (Wildman–Crippen MR) is 111 cm³/mol. The fraction of sp³-hybridized carbons (Fsp3) is 0.652. The van der Waals surface area contributed by atoms with Crippen LogP contribution in [0.2, 0.25) is 0 Å². The highest BCUT2D eigenvalue weighted by Gasteiger charge is 2.37. The lowest BCUT2D eigenvalue weighted by molar-refractivity contribution is -0.143. The van der Waals surface area contributed by atoms with Gasteiger partial charge in [0.25, 0.3) is 0 Å². The van der Waals surface area contributed by atoms with Crippen molar-refractivity contribution in [1.29, 1.82) is 0 Å². The minimum Gasteiger partial charge on any atom is -0.354 e. The second-order valence-electron chi connectivity index (χ2n) is 9.62. The molecule has 1 amide bonds. The molecule has 1 aromatic rings. The van der Waals surface area contributed by atoms with E-state index >= 15 is 0 Å². The molecule has 2 rings (SSSR count). The number of hydrogen-bond acceptors (Lipinski definition) is 3. The Morgan fingerprint density at radius 3 is 1.91 bits per heavy atom. The van der Waals surface area contributed by atoms with Crippen molar-refractivity contribution >= 4 is 11.7 Å². The van der Waals surface area contributed by atoms with Gasteiger partial charge in [-0.1, -0.05) is 20.8 Å². The summed E-state index contributed by atoms with van der Waals surface area (Å²) < 4.78 is 78.0. The van der Waals surface area contributed by atoms with Crippen LogP contribution in [0.15, 0.2) is 18.2 Å². The monoisotopic (exact) mass is 480 g/mol. The zero-order valence-corrected chi connectivity index (χ0v) is 19.0. The van der Waals surface area contributed by atoms with Crippen molar-refractivity contribution < 1.29 is 35.9 Å². The van der Waals surface area contributed by atoms with Crippen molar-refractivity contribution in [2.24, 2.45) is 11.3 Å². The molecule has 1 saturated heterocycles. The summed E-state index contributed by atoms with van der Waals surface area (Å²) in [6.45, 7) is 8.09. The van der Waals surface area contributed by atoms with Crippen molar-refractivity contribution in [1.82, 2.24) is 10.2 Å². The van der Waals surface area contributed by atoms with Crippen LogP contribution in [0.4, 0.5) is 26.3 Å². The van der Waals surface area contributed by atoms with Crippen molar-refractivity contribution in [2.45, 2.75) is 58.8 Å². The Balaban J connectivity index is 1.87. The number of alkyl halides is 6. The first kappa shape index (κ1) is 27.1. The van der Waals surface area contributed by atoms with E-state index in [-0.39, 0.29) is 35.7 Å². The first-order valence-electron chi connectivity index (χ1n) is 10.9. The highest BCUT2D eigenvalue weighted by Crippen LogP contribution is 2.36. The molecule has 0 atom stereocenters. The van der Waals surface area contributed by atoms with Gasteiger partial charge in [0, 0.05) is 31.3 Å². The standard InChI is InChI=1S/C23H30F6N2O2/c1-21(2,3)20(33)30-6-9-31-7-4-15(5-8-31)12-19(32)13-16-10-17(22(24,25)26)14-18(11-16)23(27,28)29/h10-11,14-15H,4-9,12-13H2,1-3H3,(H,30,33). The summed E-state index contributed by atoms with van der Waals surface area (Å²) in [4.78, 5) is 26.5. The Morgan fingerprint density at radius 1 is 0.939 bits per heavy atom. The molecule has 1 fully saturated rings. The highest BCUT2D eigenvalue weighted by atomic mass is 19.4. The Morgan fingerprint density at radius 2 is 1.45 bits per heavy atom. The molecule has 0 aliphatic carbocycles. The summed E-state index contributed by atoms with van der Waals surface area (Å²) >= 11 is 0. The Hall–Kier alpha value is -2.10. The molecule has 186 valence electrons. The maximum atomic E-state index is 13.0. The van der Waals surface area contributed by atoms with Crippen molar-refractivity contribution in [3.8, 4) is 0 Å². The fourth-order valence-electron chi connectivity index (χ4n) is 3.75. The van der Waals surface area contributed by atoms with Gasteiger partial charge in [0.2, 0.25) is 5.91 Å². The molecule has 1 heterocycles. The molecule has 1 aliphatic rings. The number of ketones is 1. The quantitative estimate of drug-likeness (QED) is 0.553. The molecule has 0 bridgehead atoms. The lowest BCUT2D eigenvalue weighted by atomic mass is 9.89. The van der Waals surface area contributed by atoms with Gasteiger partial charge in [-0.2, -0.15) is 26.3 Å². The number of nitrogens with one attached hydrogen (secondary N) is 1. The first-order valence-corrected chi connectivity index (χ1v) is 10.9. The number of hydrogen-bond donors (Lipinski definition) is 1. The molecule has 0 aromatic heterocycles. The topological polar surface area (TPSA) is 49.4 Å². The van der Waals surface area contributed by atoms with Gasteiger partial charge in [0.1, 0.15) is 5.78 Å². The molecule has 0 saturated carbocycles. The third kappa shape index (κ3) is 8.64. The van der Waals surface area contributed by atoms with Gasteiger partial charge >= 0.3 is 12.4 Å². The summed E-state index contributed by atoms with van der Waals surface area (Å²) in [5, 5.41) is 2.88. The fourth-order valence-corrected chi connectivity index (χ4v) is 3.75. The lowest BCUT2D eigenvalue weighted by Gasteiger charge is -2.32. The summed E-state index contributed by atoms with van der Waals surface area (Å²) in [5.41, 5.74) is -3.57. The average molecular weight is 480 g/mol. The molecule has 0 spiro atoms. The van der Waals surface area contributed by atoms with Crippen molar-refractivity contribution in [3.63, 3.8) is 0 Å². The van der Waals surface area contributed by atoms with Gasteiger partial charge in [0.15, 0.2) is 0 Å². The van der Waals surface area contributed by atoms with Crippen LogP contribution in [0.5, 0.6) is 0 Å². The van der Waals surface area contributed by atoms with Gasteiger partial charge in [-0.25, -0.2) is 0 Å². The van der Waals surface area contributed by atoms with E-state index in [4.69, 9.17) is 0 Å². The molecule has 1 aromatic carbocycles. The van der Waals surface area contributed by atoms with Crippen molar-refractivity contribution in [2.75, 3.05) is 26.2 Å². The third-order valence-corrected chi connectivity index (χ3v) is 5.67. The molecule has 1 aliphatic heterocycles. The second-order valence-corrected chi connectivity index (χ2v) is 9.62. The van der Waals surface area contributed by atoms with E-state index in [9.17, 15) is 35.9 Å². The zero-order valence-electron chi connectivity index (χ0n) is 19.0. The number of Topliss-reactive ketones (excluding diaryl/α,β-unsaturated/α-hetero) is 1. The summed E-state index contributed by atoms with van der Waals surface area (Å²) in [6.07, 6.45) is -8.81. The number of benzene rings is 1. The lowest BCUT2D eigenvalue weighted by Crippen LogP contribution is -2.42. The van der Waals surface area contributed by atoms with Crippen LogP contribution in [-0.4, -0.2) is 42.8 Å². The largest absolute Gasteiger partial charge is 0.416 e. The van der Waals surface area contributed by atoms with Crippen LogP contribution < -0.4 is 5.32 Å². The van der Waals surface area contributed by atoms with Crippen LogP contribution in [0.1, 0.15) is 56.7 Å². The van der Waals surface area contributed by atoms with Crippen LogP contribution in [0.25, 0.3) is 0 Å². The van der Waals surface area contributed by atoms with Gasteiger partial charge in [-0.05, 0) is 55.6 Å².